The van der Waals surface area contributed by atoms with Gasteiger partial charge in [-0.3, -0.25) is 4.90 Å². The van der Waals surface area contributed by atoms with Gasteiger partial charge in [-0.2, -0.15) is 0 Å². The standard InChI is InChI=1S/C14H17ClN4O2/c15-12-4-1-5-16-14(12)20-9-11-3-2-6-19(7-11)8-13-18-17-10-21-13/h1,4-5,10-11H,2-3,6-9H2. The van der Waals surface area contributed by atoms with E-state index >= 15 is 0 Å². The number of ether oxygens (including phenoxy) is 1. The third-order valence-electron chi connectivity index (χ3n) is 3.55. The lowest BCUT2D eigenvalue weighted by Gasteiger charge is -2.31. The molecule has 0 amide bonds. The first-order chi connectivity index (χ1) is 10.3. The average Bonchev–Trinajstić information content (AvgIpc) is 3.00. The maximum Gasteiger partial charge on any atom is 0.232 e. The normalized spacial score (nSPS) is 19.6. The minimum Gasteiger partial charge on any atom is -0.476 e. The fourth-order valence-corrected chi connectivity index (χ4v) is 2.74. The maximum atomic E-state index is 6.04. The predicted octanol–water partition coefficient (Wildman–Crippen LogP) is 2.41. The van der Waals surface area contributed by atoms with Crippen LogP contribution in [0.4, 0.5) is 0 Å². The molecule has 1 saturated heterocycles. The lowest BCUT2D eigenvalue weighted by molar-refractivity contribution is 0.115. The van der Waals surface area contributed by atoms with E-state index in [4.69, 9.17) is 20.8 Å². The largest absolute Gasteiger partial charge is 0.476 e. The van der Waals surface area contributed by atoms with Crippen molar-refractivity contribution in [2.24, 2.45) is 5.92 Å². The Morgan fingerprint density at radius 3 is 3.24 bits per heavy atom. The van der Waals surface area contributed by atoms with Crippen LogP contribution in [0.5, 0.6) is 5.88 Å². The molecular formula is C14H17ClN4O2. The van der Waals surface area contributed by atoms with E-state index in [1.807, 2.05) is 0 Å². The third kappa shape index (κ3) is 3.92. The van der Waals surface area contributed by atoms with E-state index < -0.39 is 0 Å². The van der Waals surface area contributed by atoms with Gasteiger partial charge in [-0.25, -0.2) is 4.98 Å². The van der Waals surface area contributed by atoms with E-state index in [0.717, 1.165) is 25.9 Å². The Morgan fingerprint density at radius 2 is 2.43 bits per heavy atom. The van der Waals surface area contributed by atoms with Gasteiger partial charge in [0.25, 0.3) is 0 Å². The molecule has 1 aliphatic rings. The molecule has 7 heteroatoms. The Kier molecular flexibility index (Phi) is 4.67. The van der Waals surface area contributed by atoms with Crippen LogP contribution in [0, 0.1) is 5.92 Å². The molecule has 0 bridgehead atoms. The van der Waals surface area contributed by atoms with Crippen molar-refractivity contribution in [1.29, 1.82) is 0 Å². The highest BCUT2D eigenvalue weighted by Crippen LogP contribution is 2.23. The van der Waals surface area contributed by atoms with Gasteiger partial charge in [0.15, 0.2) is 0 Å². The summed E-state index contributed by atoms with van der Waals surface area (Å²) < 4.78 is 10.9. The number of pyridine rings is 1. The second-order valence-electron chi connectivity index (χ2n) is 5.18. The van der Waals surface area contributed by atoms with Crippen molar-refractivity contribution in [2.75, 3.05) is 19.7 Å². The van der Waals surface area contributed by atoms with Crippen molar-refractivity contribution >= 4 is 11.6 Å². The van der Waals surface area contributed by atoms with Gasteiger partial charge in [0.2, 0.25) is 18.2 Å². The molecular weight excluding hydrogens is 292 g/mol. The quantitative estimate of drug-likeness (QED) is 0.845. The summed E-state index contributed by atoms with van der Waals surface area (Å²) in [4.78, 5) is 6.45. The minimum atomic E-state index is 0.458. The minimum absolute atomic E-state index is 0.458. The zero-order valence-electron chi connectivity index (χ0n) is 11.6. The van der Waals surface area contributed by atoms with Gasteiger partial charge in [-0.1, -0.05) is 11.6 Å². The van der Waals surface area contributed by atoms with Gasteiger partial charge in [0.1, 0.15) is 5.02 Å². The SMILES string of the molecule is Clc1cccnc1OCC1CCCN(Cc2nnco2)C1. The van der Waals surface area contributed by atoms with Crippen LogP contribution >= 0.6 is 11.6 Å². The van der Waals surface area contributed by atoms with E-state index in [-0.39, 0.29) is 0 Å². The monoisotopic (exact) mass is 308 g/mol. The van der Waals surface area contributed by atoms with E-state index in [1.165, 1.54) is 6.39 Å². The molecule has 0 aliphatic carbocycles. The first kappa shape index (κ1) is 14.3. The Hall–Kier alpha value is -1.66. The summed E-state index contributed by atoms with van der Waals surface area (Å²) in [6.45, 7) is 3.31. The fourth-order valence-electron chi connectivity index (χ4n) is 2.56. The van der Waals surface area contributed by atoms with Crippen LogP contribution in [-0.4, -0.2) is 39.8 Å². The zero-order chi connectivity index (χ0) is 14.5. The number of aromatic nitrogens is 3. The summed E-state index contributed by atoms with van der Waals surface area (Å²) >= 11 is 6.04. The molecule has 1 fully saturated rings. The number of halogens is 1. The third-order valence-corrected chi connectivity index (χ3v) is 3.84. The molecule has 0 radical (unpaired) electrons. The summed E-state index contributed by atoms with van der Waals surface area (Å²) in [6, 6.07) is 3.58. The molecule has 2 aromatic heterocycles. The molecule has 1 aliphatic heterocycles. The second-order valence-corrected chi connectivity index (χ2v) is 5.58. The number of rotatable bonds is 5. The molecule has 0 saturated carbocycles. The van der Waals surface area contributed by atoms with Crippen LogP contribution in [0.15, 0.2) is 29.1 Å². The van der Waals surface area contributed by atoms with Gasteiger partial charge in [0, 0.05) is 18.7 Å². The van der Waals surface area contributed by atoms with Gasteiger partial charge in [-0.15, -0.1) is 10.2 Å². The smallest absolute Gasteiger partial charge is 0.232 e. The molecule has 2 aromatic rings. The Bertz CT molecular complexity index is 564. The van der Waals surface area contributed by atoms with E-state index in [9.17, 15) is 0 Å². The molecule has 112 valence electrons. The molecule has 1 atom stereocenters. The Balaban J connectivity index is 1.51. The second kappa shape index (κ2) is 6.87. The van der Waals surface area contributed by atoms with Crippen molar-refractivity contribution in [2.45, 2.75) is 19.4 Å². The topological polar surface area (TPSA) is 64.3 Å². The van der Waals surface area contributed by atoms with Crippen LogP contribution in [0.1, 0.15) is 18.7 Å². The van der Waals surface area contributed by atoms with E-state index in [1.54, 1.807) is 18.3 Å². The first-order valence-corrected chi connectivity index (χ1v) is 7.40. The fraction of sp³-hybridized carbons (Fsp3) is 0.500. The van der Waals surface area contributed by atoms with Crippen LogP contribution < -0.4 is 4.74 Å². The van der Waals surface area contributed by atoms with Gasteiger partial charge in [-0.05, 0) is 31.5 Å². The maximum absolute atomic E-state index is 6.04. The van der Waals surface area contributed by atoms with Crippen LogP contribution in [0.2, 0.25) is 5.02 Å². The Morgan fingerprint density at radius 1 is 1.48 bits per heavy atom. The molecule has 21 heavy (non-hydrogen) atoms. The molecule has 0 N–H and O–H groups in total. The van der Waals surface area contributed by atoms with E-state index in [2.05, 4.69) is 20.1 Å². The molecule has 3 rings (SSSR count). The molecule has 6 nitrogen and oxygen atoms in total. The summed E-state index contributed by atoms with van der Waals surface area (Å²) in [5, 5.41) is 8.18. The van der Waals surface area contributed by atoms with Gasteiger partial charge >= 0.3 is 0 Å². The summed E-state index contributed by atoms with van der Waals surface area (Å²) in [7, 11) is 0. The van der Waals surface area contributed by atoms with Crippen molar-refractivity contribution in [1.82, 2.24) is 20.1 Å². The zero-order valence-corrected chi connectivity index (χ0v) is 12.4. The number of nitrogens with zero attached hydrogens (tertiary/aromatic N) is 4. The summed E-state index contributed by atoms with van der Waals surface area (Å²) in [5.41, 5.74) is 0. The number of piperidine rings is 1. The molecule has 0 spiro atoms. The summed E-state index contributed by atoms with van der Waals surface area (Å²) in [6.07, 6.45) is 5.33. The number of hydrogen-bond donors (Lipinski definition) is 0. The highest BCUT2D eigenvalue weighted by atomic mass is 35.5. The lowest BCUT2D eigenvalue weighted by Crippen LogP contribution is -2.37. The van der Waals surface area contributed by atoms with Gasteiger partial charge < -0.3 is 9.15 Å². The Labute approximate surface area is 128 Å². The van der Waals surface area contributed by atoms with Crippen molar-refractivity contribution in [3.8, 4) is 5.88 Å². The van der Waals surface area contributed by atoms with Crippen LogP contribution in [-0.2, 0) is 6.54 Å². The van der Waals surface area contributed by atoms with Crippen LogP contribution in [0.25, 0.3) is 0 Å². The highest BCUT2D eigenvalue weighted by molar-refractivity contribution is 6.31. The van der Waals surface area contributed by atoms with Crippen molar-refractivity contribution < 1.29 is 9.15 Å². The number of likely N-dealkylation sites (tertiary alicyclic amines) is 1. The highest BCUT2D eigenvalue weighted by Gasteiger charge is 2.22. The summed E-state index contributed by atoms with van der Waals surface area (Å²) in [5.74, 6) is 1.62. The average molecular weight is 309 g/mol. The van der Waals surface area contributed by atoms with Gasteiger partial charge in [0.05, 0.1) is 13.2 Å². The predicted molar refractivity (Wildman–Crippen MR) is 77.0 cm³/mol. The molecule has 1 unspecified atom stereocenters. The lowest BCUT2D eigenvalue weighted by atomic mass is 9.99. The van der Waals surface area contributed by atoms with Crippen molar-refractivity contribution in [3.05, 3.63) is 35.6 Å². The molecule has 0 aromatic carbocycles. The van der Waals surface area contributed by atoms with E-state index in [0.29, 0.717) is 35.9 Å². The first-order valence-electron chi connectivity index (χ1n) is 7.02. The molecule has 3 heterocycles. The van der Waals surface area contributed by atoms with Crippen molar-refractivity contribution in [3.63, 3.8) is 0 Å². The number of hydrogen-bond acceptors (Lipinski definition) is 6. The van der Waals surface area contributed by atoms with Crippen LogP contribution in [0.3, 0.4) is 0 Å².